The highest BCUT2D eigenvalue weighted by Gasteiger charge is 2.28. The van der Waals surface area contributed by atoms with Gasteiger partial charge in [0.25, 0.3) is 5.91 Å². The van der Waals surface area contributed by atoms with E-state index in [9.17, 15) is 14.0 Å². The van der Waals surface area contributed by atoms with Crippen LogP contribution < -0.4 is 0 Å². The SMILES string of the molecule is COC(=O)CS[C@H]1CCN(C(=O)c2ccccc2F)C1. The summed E-state index contributed by atoms with van der Waals surface area (Å²) in [5, 5.41) is 0.199. The number of halogens is 1. The van der Waals surface area contributed by atoms with Gasteiger partial charge in [0.2, 0.25) is 0 Å². The monoisotopic (exact) mass is 297 g/mol. The molecule has 1 amide bonds. The lowest BCUT2D eigenvalue weighted by Gasteiger charge is -2.16. The Kier molecular flexibility index (Phi) is 5.00. The Bertz CT molecular complexity index is 509. The number of methoxy groups -OCH3 is 1. The Morgan fingerprint density at radius 2 is 2.20 bits per heavy atom. The predicted octanol–water partition coefficient (Wildman–Crippen LogP) is 1.95. The van der Waals surface area contributed by atoms with Gasteiger partial charge >= 0.3 is 5.97 Å². The normalized spacial score (nSPS) is 18.1. The number of amides is 1. The molecule has 4 nitrogen and oxygen atoms in total. The largest absolute Gasteiger partial charge is 0.468 e. The molecular weight excluding hydrogens is 281 g/mol. The number of benzene rings is 1. The molecule has 0 bridgehead atoms. The Morgan fingerprint density at radius 1 is 1.45 bits per heavy atom. The molecule has 1 aromatic carbocycles. The first-order chi connectivity index (χ1) is 9.61. The maximum Gasteiger partial charge on any atom is 0.315 e. The Balaban J connectivity index is 1.91. The molecule has 0 spiro atoms. The highest BCUT2D eigenvalue weighted by Crippen LogP contribution is 2.24. The number of hydrogen-bond acceptors (Lipinski definition) is 4. The summed E-state index contributed by atoms with van der Waals surface area (Å²) in [6.45, 7) is 1.13. The Hall–Kier alpha value is -1.56. The van der Waals surface area contributed by atoms with Crippen molar-refractivity contribution in [2.24, 2.45) is 0 Å². The topological polar surface area (TPSA) is 46.6 Å². The van der Waals surface area contributed by atoms with Crippen LogP contribution in [0.3, 0.4) is 0 Å². The fraction of sp³-hybridized carbons (Fsp3) is 0.429. The Morgan fingerprint density at radius 3 is 2.90 bits per heavy atom. The summed E-state index contributed by atoms with van der Waals surface area (Å²) in [6.07, 6.45) is 0.807. The van der Waals surface area contributed by atoms with Crippen molar-refractivity contribution in [3.8, 4) is 0 Å². The standard InChI is InChI=1S/C14H16FNO3S/c1-19-13(17)9-20-10-6-7-16(8-10)14(18)11-4-2-3-5-12(11)15/h2-5,10H,6-9H2,1H3/t10-/m0/s1. The van der Waals surface area contributed by atoms with Crippen LogP contribution in [0.5, 0.6) is 0 Å². The molecule has 0 N–H and O–H groups in total. The van der Waals surface area contributed by atoms with Crippen molar-refractivity contribution >= 4 is 23.6 Å². The van der Waals surface area contributed by atoms with Crippen molar-refractivity contribution in [3.05, 3.63) is 35.6 Å². The summed E-state index contributed by atoms with van der Waals surface area (Å²) in [5.74, 6) is -0.774. The molecule has 1 heterocycles. The van der Waals surface area contributed by atoms with E-state index in [2.05, 4.69) is 4.74 Å². The van der Waals surface area contributed by atoms with Crippen LogP contribution in [0, 0.1) is 5.82 Å². The first kappa shape index (κ1) is 14.8. The number of ether oxygens (including phenoxy) is 1. The molecule has 1 atom stereocenters. The lowest BCUT2D eigenvalue weighted by molar-refractivity contribution is -0.137. The van der Waals surface area contributed by atoms with Gasteiger partial charge in [-0.15, -0.1) is 11.8 Å². The van der Waals surface area contributed by atoms with Crippen LogP contribution in [0.15, 0.2) is 24.3 Å². The molecule has 0 saturated carbocycles. The third-order valence-corrected chi connectivity index (χ3v) is 4.46. The van der Waals surface area contributed by atoms with Crippen LogP contribution in [-0.4, -0.2) is 48.0 Å². The summed E-state index contributed by atoms with van der Waals surface area (Å²) < 4.78 is 18.2. The van der Waals surface area contributed by atoms with Gasteiger partial charge in [-0.3, -0.25) is 9.59 Å². The van der Waals surface area contributed by atoms with Gasteiger partial charge in [0.15, 0.2) is 0 Å². The van der Waals surface area contributed by atoms with Gasteiger partial charge in [-0.05, 0) is 18.6 Å². The number of carbonyl (C=O) groups is 2. The average Bonchev–Trinajstić information content (AvgIpc) is 2.93. The number of rotatable bonds is 4. The van der Waals surface area contributed by atoms with Crippen molar-refractivity contribution in [2.75, 3.05) is 26.0 Å². The maximum absolute atomic E-state index is 13.6. The summed E-state index contributed by atoms with van der Waals surface area (Å²) in [6, 6.07) is 5.99. The molecule has 108 valence electrons. The number of hydrogen-bond donors (Lipinski definition) is 0. The highest BCUT2D eigenvalue weighted by atomic mass is 32.2. The number of carbonyl (C=O) groups excluding carboxylic acids is 2. The fourth-order valence-corrected chi connectivity index (χ4v) is 3.15. The van der Waals surface area contributed by atoms with Crippen LogP contribution >= 0.6 is 11.8 Å². The van der Waals surface area contributed by atoms with Crippen molar-refractivity contribution < 1.29 is 18.7 Å². The second kappa shape index (κ2) is 6.74. The van der Waals surface area contributed by atoms with Crippen LogP contribution in [0.25, 0.3) is 0 Å². The minimum absolute atomic E-state index is 0.103. The minimum Gasteiger partial charge on any atom is -0.468 e. The average molecular weight is 297 g/mol. The van der Waals surface area contributed by atoms with Gasteiger partial charge in [0.05, 0.1) is 18.4 Å². The van der Waals surface area contributed by atoms with Gasteiger partial charge in [0, 0.05) is 18.3 Å². The molecule has 0 radical (unpaired) electrons. The molecule has 6 heteroatoms. The maximum atomic E-state index is 13.6. The van der Waals surface area contributed by atoms with E-state index in [4.69, 9.17) is 0 Å². The molecule has 1 fully saturated rings. The predicted molar refractivity (Wildman–Crippen MR) is 75.2 cm³/mol. The van der Waals surface area contributed by atoms with Crippen molar-refractivity contribution in [1.29, 1.82) is 0 Å². The summed E-state index contributed by atoms with van der Waals surface area (Å²) in [5.41, 5.74) is 0.103. The fourth-order valence-electron chi connectivity index (χ4n) is 2.10. The van der Waals surface area contributed by atoms with E-state index in [-0.39, 0.29) is 28.4 Å². The lowest BCUT2D eigenvalue weighted by atomic mass is 10.2. The number of nitrogens with zero attached hydrogens (tertiary/aromatic N) is 1. The van der Waals surface area contributed by atoms with Crippen LogP contribution in [-0.2, 0) is 9.53 Å². The smallest absolute Gasteiger partial charge is 0.315 e. The molecule has 1 aliphatic heterocycles. The molecule has 20 heavy (non-hydrogen) atoms. The van der Waals surface area contributed by atoms with Crippen LogP contribution in [0.1, 0.15) is 16.8 Å². The molecule has 0 aromatic heterocycles. The molecule has 1 aliphatic rings. The van der Waals surface area contributed by atoms with Crippen LogP contribution in [0.4, 0.5) is 4.39 Å². The van der Waals surface area contributed by atoms with E-state index in [0.29, 0.717) is 13.1 Å². The number of likely N-dealkylation sites (tertiary alicyclic amines) is 1. The summed E-state index contributed by atoms with van der Waals surface area (Å²) in [4.78, 5) is 24.9. The van der Waals surface area contributed by atoms with Gasteiger partial charge in [0.1, 0.15) is 5.82 Å². The summed E-state index contributed by atoms with van der Waals surface area (Å²) >= 11 is 1.48. The lowest BCUT2D eigenvalue weighted by Crippen LogP contribution is -2.30. The van der Waals surface area contributed by atoms with Gasteiger partial charge < -0.3 is 9.64 Å². The quantitative estimate of drug-likeness (QED) is 0.797. The highest BCUT2D eigenvalue weighted by molar-refractivity contribution is 8.00. The molecule has 1 aromatic rings. The molecule has 1 saturated heterocycles. The molecule has 0 aliphatic carbocycles. The molecule has 0 unspecified atom stereocenters. The van der Waals surface area contributed by atoms with E-state index >= 15 is 0 Å². The van der Waals surface area contributed by atoms with Crippen LogP contribution in [0.2, 0.25) is 0 Å². The third-order valence-electron chi connectivity index (χ3n) is 3.20. The van der Waals surface area contributed by atoms with E-state index < -0.39 is 5.82 Å². The van der Waals surface area contributed by atoms with Gasteiger partial charge in [-0.25, -0.2) is 4.39 Å². The third kappa shape index (κ3) is 3.50. The Labute approximate surface area is 121 Å². The van der Waals surface area contributed by atoms with E-state index in [0.717, 1.165) is 6.42 Å². The van der Waals surface area contributed by atoms with Gasteiger partial charge in [-0.1, -0.05) is 12.1 Å². The zero-order valence-electron chi connectivity index (χ0n) is 11.2. The second-order valence-electron chi connectivity index (χ2n) is 4.53. The number of esters is 1. The molecular formula is C14H16FNO3S. The summed E-state index contributed by atoms with van der Waals surface area (Å²) in [7, 11) is 1.35. The van der Waals surface area contributed by atoms with Gasteiger partial charge in [-0.2, -0.15) is 0 Å². The van der Waals surface area contributed by atoms with Crippen molar-refractivity contribution in [1.82, 2.24) is 4.90 Å². The number of thioether (sulfide) groups is 1. The zero-order valence-corrected chi connectivity index (χ0v) is 12.0. The molecule has 2 rings (SSSR count). The zero-order chi connectivity index (χ0) is 14.5. The van der Waals surface area contributed by atoms with E-state index in [1.54, 1.807) is 17.0 Å². The minimum atomic E-state index is -0.497. The van der Waals surface area contributed by atoms with E-state index in [1.165, 1.54) is 31.0 Å². The first-order valence-corrected chi connectivity index (χ1v) is 7.39. The van der Waals surface area contributed by atoms with E-state index in [1.807, 2.05) is 0 Å². The second-order valence-corrected chi connectivity index (χ2v) is 5.82. The first-order valence-electron chi connectivity index (χ1n) is 6.34. The van der Waals surface area contributed by atoms with Crippen molar-refractivity contribution in [3.63, 3.8) is 0 Å². The van der Waals surface area contributed by atoms with Crippen molar-refractivity contribution in [2.45, 2.75) is 11.7 Å².